The average molecular weight is 1190 g/mol. The second-order valence-corrected chi connectivity index (χ2v) is 22.8. The van der Waals surface area contributed by atoms with Crippen LogP contribution in [0.5, 0.6) is 5.75 Å². The number of H-pyrrole nitrogens is 1. The molecular weight excluding hydrogens is 1120 g/mol. The Morgan fingerprint density at radius 2 is 1.28 bits per heavy atom. The van der Waals surface area contributed by atoms with Crippen LogP contribution in [0.15, 0.2) is 71.9 Å². The number of para-hydroxylation sites is 1. The molecule has 0 aliphatic heterocycles. The van der Waals surface area contributed by atoms with E-state index in [0.29, 0.717) is 27.8 Å². The quantitative estimate of drug-likeness (QED) is 0.0128. The van der Waals surface area contributed by atoms with Crippen molar-refractivity contribution >= 4 is 98.2 Å². The Morgan fingerprint density at radius 3 is 1.85 bits per heavy atom. The van der Waals surface area contributed by atoms with Gasteiger partial charge in [-0.15, -0.1) is 0 Å². The molecule has 81 heavy (non-hydrogen) atoms. The molecule has 0 aliphatic carbocycles. The average Bonchev–Trinajstić information content (AvgIpc) is 3.77. The molecule has 11 N–H and O–H groups in total. The van der Waals surface area contributed by atoms with Crippen molar-refractivity contribution in [2.45, 2.75) is 122 Å². The summed E-state index contributed by atoms with van der Waals surface area (Å²) in [5.74, 6) is -7.51. The third kappa shape index (κ3) is 23.6. The van der Waals surface area contributed by atoms with E-state index in [2.05, 4.69) is 46.1 Å². The van der Waals surface area contributed by atoms with E-state index in [0.717, 1.165) is 22.3 Å². The fourth-order valence-electron chi connectivity index (χ4n) is 8.35. The number of carboxylic acids is 1. The first-order chi connectivity index (χ1) is 37.6. The molecule has 24 nitrogen and oxygen atoms in total. The standard InChI is InChI=1S/C53H71N9O15S3.Na/c1-29-21-30(2)36(31(3)22-29)25-40(46(54)66)60-51(71)43(26-45(64)65)61-48(68)39(18-20-79-8)59-50(70)42(24-33-27-55-37-12-10-9-11-35(33)37)57-44(63)28-56-47(67)38(17-19-78-7)58-49(69)41(62-52(72)76-53(4,5)6)23-32-13-15-34(16-14-32)77-80(73,74)75;/h9-16,21-22,27,38-43,55H,17-20,23-26,28H2,1-8H3,(H2,54,66)(H,56,67)(H,57,63)(H,58,69)(H,59,70)(H,60,71)(H,61,68)(H,62,72)(H,64,65)(H,73,74,75);/q;+1/p-1/t38-,39-,40-,41-,42-,43-;/m0./s1. The summed E-state index contributed by atoms with van der Waals surface area (Å²) in [5.41, 5.74) is 9.78. The number of fused-ring (bicyclic) bond motifs is 1. The Balaban J connectivity index is 0.0000172. The number of ether oxygens (including phenoxy) is 1. The van der Waals surface area contributed by atoms with Crippen molar-refractivity contribution in [3.63, 3.8) is 0 Å². The van der Waals surface area contributed by atoms with Gasteiger partial charge in [0.05, 0.1) is 6.42 Å². The smallest absolute Gasteiger partial charge is 0.861 e. The number of nitrogens with zero attached hydrogens (tertiary/aromatic N) is 1. The Labute approximate surface area is 501 Å². The van der Waals surface area contributed by atoms with Crippen LogP contribution in [0.3, 0.4) is 0 Å². The number of aromatic nitrogens is 1. The number of hydrogen-bond acceptors (Lipinski definition) is 16. The van der Waals surface area contributed by atoms with Crippen molar-refractivity contribution < 1.29 is 100 Å². The minimum absolute atomic E-state index is 0. The number of aliphatic carboxylic acids is 1. The molecule has 0 fully saturated rings. The van der Waals surface area contributed by atoms with Crippen LogP contribution in [-0.4, -0.2) is 149 Å². The summed E-state index contributed by atoms with van der Waals surface area (Å²) in [6.45, 7) is 9.64. The number of carboxylic acid groups (broad SMARTS) is 1. The predicted molar refractivity (Wildman–Crippen MR) is 301 cm³/mol. The van der Waals surface area contributed by atoms with Crippen molar-refractivity contribution in [1.29, 1.82) is 0 Å². The summed E-state index contributed by atoms with van der Waals surface area (Å²) in [6.07, 6.45) is 2.85. The van der Waals surface area contributed by atoms with E-state index in [-0.39, 0.29) is 73.2 Å². The van der Waals surface area contributed by atoms with E-state index in [4.69, 9.17) is 15.0 Å². The second-order valence-electron chi connectivity index (χ2n) is 19.8. The summed E-state index contributed by atoms with van der Waals surface area (Å²) in [6, 6.07) is 7.47. The van der Waals surface area contributed by atoms with Gasteiger partial charge in [-0.2, -0.15) is 31.9 Å². The van der Waals surface area contributed by atoms with Gasteiger partial charge >= 0.3 is 52.0 Å². The number of nitrogens with two attached hydrogens (primary N) is 1. The molecule has 0 unspecified atom stereocenters. The van der Waals surface area contributed by atoms with Crippen LogP contribution in [0.1, 0.15) is 73.4 Å². The Hall–Kier alpha value is -6.36. The number of rotatable bonds is 30. The van der Waals surface area contributed by atoms with E-state index in [1.165, 1.54) is 47.8 Å². The van der Waals surface area contributed by atoms with Crippen LogP contribution in [0.4, 0.5) is 4.79 Å². The molecule has 0 spiro atoms. The number of carbonyl (C=O) groups is 8. The number of alkyl carbamates (subject to hydrolysis) is 1. The third-order valence-corrected chi connectivity index (χ3v) is 13.8. The molecule has 4 rings (SSSR count). The Morgan fingerprint density at radius 1 is 0.741 bits per heavy atom. The molecule has 0 saturated carbocycles. The third-order valence-electron chi connectivity index (χ3n) is 12.1. The van der Waals surface area contributed by atoms with Crippen LogP contribution in [-0.2, 0) is 68.0 Å². The van der Waals surface area contributed by atoms with Crippen LogP contribution in [0.2, 0.25) is 0 Å². The van der Waals surface area contributed by atoms with Gasteiger partial charge in [-0.05, 0) is 130 Å². The van der Waals surface area contributed by atoms with E-state index in [1.807, 2.05) is 32.9 Å². The van der Waals surface area contributed by atoms with Crippen molar-refractivity contribution in [2.75, 3.05) is 30.6 Å². The summed E-state index contributed by atoms with van der Waals surface area (Å²) in [4.78, 5) is 115. The maximum Gasteiger partial charge on any atom is 1.00 e. The maximum atomic E-state index is 14.4. The first kappa shape index (κ1) is 68.9. The van der Waals surface area contributed by atoms with Crippen LogP contribution in [0, 0.1) is 20.8 Å². The summed E-state index contributed by atoms with van der Waals surface area (Å²) in [5, 5.41) is 39.4. The fraction of sp³-hybridized carbons (Fsp3) is 0.453. The number of aryl methyl sites for hydroxylation is 3. The van der Waals surface area contributed by atoms with E-state index >= 15 is 0 Å². The SMILES string of the molecule is CSCC[C@H](NC(=O)[C@H](Cc1c[nH]c2ccccc12)N=C([O-])CNC(=O)[C@H](CCSC)NC(=O)[C@H](Cc1ccc(OS(=O)(=O)O)cc1)NC(=O)OC(C)(C)C)C(=O)N[C@@H](CC(=O)O)C(=O)N[C@@H](Cc1c(C)cc(C)cc1C)C(N)=O.[Na+]. The van der Waals surface area contributed by atoms with Crippen molar-refractivity contribution in [2.24, 2.45) is 10.7 Å². The zero-order valence-corrected chi connectivity index (χ0v) is 51.1. The number of aliphatic imine (C=N–C) groups is 1. The van der Waals surface area contributed by atoms with Crippen molar-refractivity contribution in [1.82, 2.24) is 36.9 Å². The molecule has 436 valence electrons. The molecule has 0 radical (unpaired) electrons. The van der Waals surface area contributed by atoms with Gasteiger partial charge in [0.15, 0.2) is 0 Å². The molecule has 28 heteroatoms. The number of benzene rings is 3. The number of aromatic amines is 1. The number of hydrogen-bond donors (Lipinski definition) is 10. The van der Waals surface area contributed by atoms with Gasteiger partial charge in [-0.3, -0.25) is 43.1 Å². The first-order valence-corrected chi connectivity index (χ1v) is 29.3. The number of amides is 7. The van der Waals surface area contributed by atoms with Gasteiger partial charge in [0.25, 0.3) is 0 Å². The fourth-order valence-corrected chi connectivity index (χ4v) is 9.64. The minimum atomic E-state index is -4.83. The number of nitrogens with one attached hydrogen (secondary N) is 7. The molecule has 7 amide bonds. The summed E-state index contributed by atoms with van der Waals surface area (Å²) >= 11 is 2.67. The molecule has 1 heterocycles. The topological polar surface area (TPSA) is 379 Å². The molecule has 1 aromatic heterocycles. The normalized spacial score (nSPS) is 13.9. The van der Waals surface area contributed by atoms with Crippen LogP contribution < -0.4 is 76.5 Å². The van der Waals surface area contributed by atoms with Crippen molar-refractivity contribution in [3.8, 4) is 5.75 Å². The number of primary amides is 1. The summed E-state index contributed by atoms with van der Waals surface area (Å²) < 4.78 is 41.3. The minimum Gasteiger partial charge on any atom is -0.861 e. The van der Waals surface area contributed by atoms with Gasteiger partial charge in [0.1, 0.15) is 47.6 Å². The van der Waals surface area contributed by atoms with Gasteiger partial charge < -0.3 is 61.8 Å². The van der Waals surface area contributed by atoms with Gasteiger partial charge in [0, 0.05) is 42.9 Å². The van der Waals surface area contributed by atoms with Crippen LogP contribution in [0.25, 0.3) is 10.9 Å². The molecular formula is C53H70N9NaO15S3. The van der Waals surface area contributed by atoms with Gasteiger partial charge in [0.2, 0.25) is 35.4 Å². The predicted octanol–water partition coefficient (Wildman–Crippen LogP) is -1.15. The maximum absolute atomic E-state index is 14.4. The molecule has 0 saturated heterocycles. The van der Waals surface area contributed by atoms with Crippen LogP contribution >= 0.6 is 23.5 Å². The first-order valence-electron chi connectivity index (χ1n) is 25.1. The number of carbonyl (C=O) groups excluding carboxylic acids is 7. The molecule has 4 aromatic rings. The van der Waals surface area contributed by atoms with Crippen molar-refractivity contribution in [3.05, 3.63) is 100 Å². The Kier molecular flexibility index (Phi) is 27.5. The van der Waals surface area contributed by atoms with Gasteiger partial charge in [-0.1, -0.05) is 48.0 Å². The van der Waals surface area contributed by atoms with Gasteiger partial charge in [-0.25, -0.2) is 4.79 Å². The molecule has 0 bridgehead atoms. The van der Waals surface area contributed by atoms with E-state index < -0.39 is 119 Å². The monoisotopic (exact) mass is 1190 g/mol. The zero-order valence-electron chi connectivity index (χ0n) is 46.6. The molecule has 3 aromatic carbocycles. The molecule has 0 aliphatic rings. The summed E-state index contributed by atoms with van der Waals surface area (Å²) in [7, 11) is -4.83. The largest absolute Gasteiger partial charge is 1.00 e. The van der Waals surface area contributed by atoms with E-state index in [1.54, 1.807) is 63.7 Å². The van der Waals surface area contributed by atoms with E-state index in [9.17, 15) is 57.0 Å². The molecule has 6 atom stereocenters. The Bertz CT molecular complexity index is 2990. The zero-order chi connectivity index (χ0) is 59.5. The number of thioether (sulfide) groups is 2. The second kappa shape index (κ2) is 32.3.